The number of likely N-dealkylation sites (tertiary alicyclic amines) is 2. The summed E-state index contributed by atoms with van der Waals surface area (Å²) in [5.74, 6) is 0.890. The third-order valence-electron chi connectivity index (χ3n) is 7.30. The van der Waals surface area contributed by atoms with Gasteiger partial charge in [-0.15, -0.1) is 0 Å². The lowest BCUT2D eigenvalue weighted by molar-refractivity contribution is 0.0905. The van der Waals surface area contributed by atoms with E-state index >= 15 is 0 Å². The zero-order valence-corrected chi connectivity index (χ0v) is 20.5. The summed E-state index contributed by atoms with van der Waals surface area (Å²) in [5, 5.41) is 2.91. The first kappa shape index (κ1) is 24.1. The van der Waals surface area contributed by atoms with Crippen molar-refractivity contribution in [1.29, 1.82) is 0 Å². The Kier molecular flexibility index (Phi) is 6.78. The molecule has 3 N–H and O–H groups in total. The quantitative estimate of drug-likeness (QED) is 0.527. The van der Waals surface area contributed by atoms with Gasteiger partial charge in [0.25, 0.3) is 0 Å². The van der Waals surface area contributed by atoms with Crippen molar-refractivity contribution < 1.29 is 13.9 Å². The Balaban J connectivity index is 1.23. The summed E-state index contributed by atoms with van der Waals surface area (Å²) in [6.45, 7) is 4.32. The number of piperidine rings is 1. The van der Waals surface area contributed by atoms with Crippen molar-refractivity contribution in [3.63, 3.8) is 0 Å². The Hall–Kier alpha value is -3.65. The largest absolute Gasteiger partial charge is 0.497 e. The maximum atomic E-state index is 13.3. The van der Waals surface area contributed by atoms with Crippen molar-refractivity contribution in [2.45, 2.75) is 25.8 Å². The predicted molar refractivity (Wildman–Crippen MR) is 139 cm³/mol. The van der Waals surface area contributed by atoms with Crippen LogP contribution >= 0.6 is 0 Å². The van der Waals surface area contributed by atoms with Crippen LogP contribution in [0.15, 0.2) is 60.7 Å². The molecule has 1 spiro atoms. The van der Waals surface area contributed by atoms with E-state index in [4.69, 9.17) is 10.5 Å². The van der Waals surface area contributed by atoms with E-state index in [1.165, 1.54) is 17.7 Å². The van der Waals surface area contributed by atoms with Gasteiger partial charge in [0, 0.05) is 37.2 Å². The van der Waals surface area contributed by atoms with Gasteiger partial charge in [-0.3, -0.25) is 10.2 Å². The summed E-state index contributed by atoms with van der Waals surface area (Å²) in [4.78, 5) is 22.1. The lowest BCUT2D eigenvalue weighted by Gasteiger charge is -2.40. The van der Waals surface area contributed by atoms with Crippen LogP contribution in [0.3, 0.4) is 0 Å². The molecule has 1 unspecified atom stereocenters. The summed E-state index contributed by atoms with van der Waals surface area (Å²) in [5.41, 5.74) is 9.23. The Bertz CT molecular complexity index is 1230. The summed E-state index contributed by atoms with van der Waals surface area (Å²) in [6, 6.07) is 17.6. The zero-order chi connectivity index (χ0) is 25.1. The Morgan fingerprint density at radius 1 is 1.11 bits per heavy atom. The number of rotatable bonds is 5. The molecule has 7 nitrogen and oxygen atoms in total. The number of halogens is 1. The number of hydrogen-bond acceptors (Lipinski definition) is 5. The molecule has 0 bridgehead atoms. The second-order valence-corrected chi connectivity index (χ2v) is 9.91. The fourth-order valence-corrected chi connectivity index (χ4v) is 5.45. The number of pyridine rings is 1. The Labute approximate surface area is 211 Å². The lowest BCUT2D eigenvalue weighted by atomic mass is 9.79. The van der Waals surface area contributed by atoms with Crippen molar-refractivity contribution >= 4 is 17.5 Å². The van der Waals surface area contributed by atoms with Gasteiger partial charge in [0.15, 0.2) is 5.82 Å². The molecule has 3 heterocycles. The number of aromatic nitrogens is 1. The van der Waals surface area contributed by atoms with Crippen LogP contribution in [0.4, 0.5) is 20.7 Å². The molecule has 5 rings (SSSR count). The number of nitrogen functional groups attached to an aromatic ring is 1. The molecule has 8 heteroatoms. The Morgan fingerprint density at radius 3 is 2.75 bits per heavy atom. The zero-order valence-electron chi connectivity index (χ0n) is 20.5. The lowest BCUT2D eigenvalue weighted by Crippen LogP contribution is -2.45. The van der Waals surface area contributed by atoms with Gasteiger partial charge in [0.1, 0.15) is 11.6 Å². The van der Waals surface area contributed by atoms with Crippen LogP contribution in [0.5, 0.6) is 5.75 Å². The number of methoxy groups -OCH3 is 1. The van der Waals surface area contributed by atoms with Gasteiger partial charge in [-0.2, -0.15) is 0 Å². The number of anilines is 2. The summed E-state index contributed by atoms with van der Waals surface area (Å²) >= 11 is 0. The number of nitrogens with zero attached hydrogens (tertiary/aromatic N) is 3. The van der Waals surface area contributed by atoms with Gasteiger partial charge in [0.2, 0.25) is 0 Å². The SMILES string of the molecule is COc1cccc(CN2CCCC3(CCN(C(=O)Nc4nc(-c5ccc(F)cc5)ccc4N)C3)C2)c1. The average Bonchev–Trinajstić information content (AvgIpc) is 3.29. The summed E-state index contributed by atoms with van der Waals surface area (Å²) < 4.78 is 18.7. The molecule has 0 aliphatic carbocycles. The minimum absolute atomic E-state index is 0.101. The second-order valence-electron chi connectivity index (χ2n) is 9.91. The second kappa shape index (κ2) is 10.1. The van der Waals surface area contributed by atoms with Gasteiger partial charge >= 0.3 is 6.03 Å². The molecule has 0 radical (unpaired) electrons. The molecule has 36 heavy (non-hydrogen) atoms. The van der Waals surface area contributed by atoms with E-state index in [2.05, 4.69) is 27.3 Å². The van der Waals surface area contributed by atoms with E-state index in [-0.39, 0.29) is 17.3 Å². The molecule has 1 atom stereocenters. The highest BCUT2D eigenvalue weighted by atomic mass is 19.1. The molecule has 2 amide bonds. The highest BCUT2D eigenvalue weighted by Crippen LogP contribution is 2.39. The first-order valence-electron chi connectivity index (χ1n) is 12.4. The van der Waals surface area contributed by atoms with Gasteiger partial charge in [-0.05, 0) is 79.9 Å². The van der Waals surface area contributed by atoms with E-state index in [0.717, 1.165) is 50.2 Å². The fourth-order valence-electron chi connectivity index (χ4n) is 5.45. The fraction of sp³-hybridized carbons (Fsp3) is 0.357. The third kappa shape index (κ3) is 5.28. The molecule has 2 aromatic carbocycles. The van der Waals surface area contributed by atoms with Crippen molar-refractivity contribution in [3.05, 3.63) is 72.0 Å². The maximum Gasteiger partial charge on any atom is 0.323 e. The summed E-state index contributed by atoms with van der Waals surface area (Å²) in [6.07, 6.45) is 3.22. The van der Waals surface area contributed by atoms with Crippen LogP contribution in [0, 0.1) is 11.2 Å². The third-order valence-corrected chi connectivity index (χ3v) is 7.30. The Morgan fingerprint density at radius 2 is 1.94 bits per heavy atom. The molecule has 2 saturated heterocycles. The van der Waals surface area contributed by atoms with E-state index < -0.39 is 0 Å². The van der Waals surface area contributed by atoms with Crippen molar-refractivity contribution in [1.82, 2.24) is 14.8 Å². The van der Waals surface area contributed by atoms with Crippen LogP contribution in [0.1, 0.15) is 24.8 Å². The highest BCUT2D eigenvalue weighted by molar-refractivity contribution is 5.92. The van der Waals surface area contributed by atoms with Crippen LogP contribution in [-0.2, 0) is 6.54 Å². The van der Waals surface area contributed by atoms with E-state index in [9.17, 15) is 9.18 Å². The minimum atomic E-state index is -0.310. The van der Waals surface area contributed by atoms with Gasteiger partial charge in [-0.1, -0.05) is 12.1 Å². The summed E-state index contributed by atoms with van der Waals surface area (Å²) in [7, 11) is 1.69. The topological polar surface area (TPSA) is 83.7 Å². The molecule has 2 aliphatic rings. The van der Waals surface area contributed by atoms with Gasteiger partial charge < -0.3 is 15.4 Å². The highest BCUT2D eigenvalue weighted by Gasteiger charge is 2.42. The first-order chi connectivity index (χ1) is 17.4. The number of urea groups is 1. The minimum Gasteiger partial charge on any atom is -0.497 e. The standard InChI is InChI=1S/C28H32FN5O2/c1-36-23-5-2-4-20(16-23)17-33-14-3-12-28(18-33)13-15-34(19-28)27(35)32-26-24(30)10-11-25(31-26)21-6-8-22(29)9-7-21/h2,4-11,16H,3,12-15,17-19,30H2,1H3,(H,31,32,35). The van der Waals surface area contributed by atoms with Gasteiger partial charge in [-0.25, -0.2) is 14.2 Å². The number of carbonyl (C=O) groups is 1. The smallest absolute Gasteiger partial charge is 0.323 e. The van der Waals surface area contributed by atoms with Gasteiger partial charge in [0.05, 0.1) is 18.5 Å². The first-order valence-corrected chi connectivity index (χ1v) is 12.4. The van der Waals surface area contributed by atoms with E-state index in [1.807, 2.05) is 17.0 Å². The van der Waals surface area contributed by atoms with Crippen LogP contribution in [-0.4, -0.2) is 54.1 Å². The predicted octanol–water partition coefficient (Wildman–Crippen LogP) is 5.00. The molecule has 188 valence electrons. The van der Waals surface area contributed by atoms with Crippen LogP contribution < -0.4 is 15.8 Å². The number of benzene rings is 2. The number of nitrogens with one attached hydrogen (secondary N) is 1. The normalized spacial score (nSPS) is 20.0. The molecule has 1 aromatic heterocycles. The molecular weight excluding hydrogens is 457 g/mol. The molecular formula is C28H32FN5O2. The average molecular weight is 490 g/mol. The van der Waals surface area contributed by atoms with Crippen LogP contribution in [0.2, 0.25) is 0 Å². The number of ether oxygens (including phenoxy) is 1. The number of hydrogen-bond donors (Lipinski definition) is 2. The maximum absolute atomic E-state index is 13.3. The molecule has 0 saturated carbocycles. The molecule has 2 fully saturated rings. The number of nitrogens with two attached hydrogens (primary N) is 1. The molecule has 3 aromatic rings. The van der Waals surface area contributed by atoms with E-state index in [1.54, 1.807) is 31.4 Å². The van der Waals surface area contributed by atoms with E-state index in [0.29, 0.717) is 30.3 Å². The molecule has 2 aliphatic heterocycles. The monoisotopic (exact) mass is 489 g/mol. The number of amides is 2. The van der Waals surface area contributed by atoms with Crippen molar-refractivity contribution in [2.24, 2.45) is 5.41 Å². The number of carbonyl (C=O) groups excluding carboxylic acids is 1. The van der Waals surface area contributed by atoms with Crippen molar-refractivity contribution in [3.8, 4) is 17.0 Å². The van der Waals surface area contributed by atoms with Crippen molar-refractivity contribution in [2.75, 3.05) is 44.3 Å². The van der Waals surface area contributed by atoms with Crippen LogP contribution in [0.25, 0.3) is 11.3 Å².